The van der Waals surface area contributed by atoms with Gasteiger partial charge in [0.05, 0.1) is 17.7 Å². The van der Waals surface area contributed by atoms with Crippen LogP contribution in [0, 0.1) is 0 Å². The largest absolute Gasteiger partial charge is 0.491 e. The highest BCUT2D eigenvalue weighted by Gasteiger charge is 2.40. The number of ether oxygens (including phenoxy) is 2. The normalized spacial score (nSPS) is 24.7. The fraction of sp³-hybridized carbons (Fsp3) is 0.600. The number of nitrogens with one attached hydrogen (secondary N) is 1. The van der Waals surface area contributed by atoms with E-state index >= 15 is 0 Å². The molecule has 0 bridgehead atoms. The van der Waals surface area contributed by atoms with Crippen LogP contribution >= 0.6 is 0 Å². The molecule has 106 valence electrons. The van der Waals surface area contributed by atoms with E-state index in [4.69, 9.17) is 15.3 Å². The van der Waals surface area contributed by atoms with Crippen molar-refractivity contribution in [2.24, 2.45) is 5.84 Å². The standard InChI is InChI=1S/C15H24N2O2/c1-11(2)19-13-8-5-4-7-12(13)14(17-16)15(3)9-6-10-18-15/h4-5,7-8,11,14,17H,6,9-10,16H2,1-3H3. The lowest BCUT2D eigenvalue weighted by Crippen LogP contribution is -2.44. The van der Waals surface area contributed by atoms with Crippen LogP contribution in [0.25, 0.3) is 0 Å². The highest BCUT2D eigenvalue weighted by atomic mass is 16.5. The van der Waals surface area contributed by atoms with Crippen molar-refractivity contribution in [3.63, 3.8) is 0 Å². The van der Waals surface area contributed by atoms with Crippen LogP contribution in [0.15, 0.2) is 24.3 Å². The Morgan fingerprint density at radius 3 is 2.68 bits per heavy atom. The lowest BCUT2D eigenvalue weighted by molar-refractivity contribution is -0.0134. The predicted octanol–water partition coefficient (Wildman–Crippen LogP) is 2.55. The molecule has 4 nitrogen and oxygen atoms in total. The van der Waals surface area contributed by atoms with Crippen molar-refractivity contribution < 1.29 is 9.47 Å². The van der Waals surface area contributed by atoms with Crippen molar-refractivity contribution in [2.75, 3.05) is 6.61 Å². The number of hydrogen-bond donors (Lipinski definition) is 2. The molecule has 1 saturated heterocycles. The Morgan fingerprint density at radius 2 is 2.11 bits per heavy atom. The van der Waals surface area contributed by atoms with E-state index in [2.05, 4.69) is 18.4 Å². The minimum absolute atomic E-state index is 0.0649. The van der Waals surface area contributed by atoms with E-state index in [0.717, 1.165) is 30.8 Å². The van der Waals surface area contributed by atoms with Crippen molar-refractivity contribution >= 4 is 0 Å². The molecule has 2 unspecified atom stereocenters. The van der Waals surface area contributed by atoms with Gasteiger partial charge in [0, 0.05) is 12.2 Å². The fourth-order valence-corrected chi connectivity index (χ4v) is 2.70. The van der Waals surface area contributed by atoms with Crippen molar-refractivity contribution in [3.8, 4) is 5.75 Å². The Balaban J connectivity index is 2.32. The molecule has 2 atom stereocenters. The molecule has 0 radical (unpaired) electrons. The molecule has 0 saturated carbocycles. The van der Waals surface area contributed by atoms with E-state index in [1.807, 2.05) is 32.0 Å². The van der Waals surface area contributed by atoms with Crippen LogP contribution in [0.1, 0.15) is 45.2 Å². The molecular weight excluding hydrogens is 240 g/mol. The van der Waals surface area contributed by atoms with Crippen LogP contribution in [0.2, 0.25) is 0 Å². The zero-order valence-corrected chi connectivity index (χ0v) is 12.0. The van der Waals surface area contributed by atoms with Crippen molar-refractivity contribution in [3.05, 3.63) is 29.8 Å². The maximum absolute atomic E-state index is 5.91. The molecule has 1 aromatic carbocycles. The van der Waals surface area contributed by atoms with E-state index in [-0.39, 0.29) is 17.7 Å². The summed E-state index contributed by atoms with van der Waals surface area (Å²) in [6, 6.07) is 7.95. The Morgan fingerprint density at radius 1 is 1.37 bits per heavy atom. The van der Waals surface area contributed by atoms with E-state index in [1.54, 1.807) is 0 Å². The van der Waals surface area contributed by atoms with Gasteiger partial charge in [-0.15, -0.1) is 0 Å². The zero-order chi connectivity index (χ0) is 13.9. The van der Waals surface area contributed by atoms with Crippen molar-refractivity contribution in [2.45, 2.75) is 51.4 Å². The SMILES string of the molecule is CC(C)Oc1ccccc1C(NN)C1(C)CCCO1. The first-order valence-corrected chi connectivity index (χ1v) is 6.92. The van der Waals surface area contributed by atoms with Gasteiger partial charge in [-0.25, -0.2) is 5.43 Å². The summed E-state index contributed by atoms with van der Waals surface area (Å²) in [6.45, 7) is 6.95. The molecule has 1 aliphatic heterocycles. The highest BCUT2D eigenvalue weighted by Crippen LogP contribution is 2.40. The second-order valence-corrected chi connectivity index (χ2v) is 5.57. The van der Waals surface area contributed by atoms with Crippen LogP contribution in [-0.4, -0.2) is 18.3 Å². The summed E-state index contributed by atoms with van der Waals surface area (Å²) in [5.74, 6) is 6.66. The number of hydrogen-bond acceptors (Lipinski definition) is 4. The Labute approximate surface area is 115 Å². The Hall–Kier alpha value is -1.10. The first kappa shape index (κ1) is 14.3. The van der Waals surface area contributed by atoms with Gasteiger partial charge in [0.1, 0.15) is 5.75 Å². The van der Waals surface area contributed by atoms with Gasteiger partial charge in [0.15, 0.2) is 0 Å². The lowest BCUT2D eigenvalue weighted by Gasteiger charge is -2.34. The molecule has 1 aliphatic rings. The van der Waals surface area contributed by atoms with Gasteiger partial charge < -0.3 is 9.47 Å². The van der Waals surface area contributed by atoms with Gasteiger partial charge in [0.25, 0.3) is 0 Å². The molecular formula is C15H24N2O2. The maximum Gasteiger partial charge on any atom is 0.124 e. The molecule has 19 heavy (non-hydrogen) atoms. The molecule has 1 aromatic rings. The monoisotopic (exact) mass is 264 g/mol. The molecule has 1 heterocycles. The predicted molar refractivity (Wildman–Crippen MR) is 75.9 cm³/mol. The molecule has 0 spiro atoms. The summed E-state index contributed by atoms with van der Waals surface area (Å²) in [6.07, 6.45) is 2.21. The number of nitrogens with two attached hydrogens (primary N) is 1. The number of para-hydroxylation sites is 1. The van der Waals surface area contributed by atoms with Gasteiger partial charge >= 0.3 is 0 Å². The van der Waals surface area contributed by atoms with Crippen LogP contribution in [0.3, 0.4) is 0 Å². The topological polar surface area (TPSA) is 56.5 Å². The lowest BCUT2D eigenvalue weighted by atomic mass is 9.87. The molecule has 3 N–H and O–H groups in total. The minimum atomic E-state index is -0.273. The Kier molecular flexibility index (Phi) is 4.45. The molecule has 1 fully saturated rings. The zero-order valence-electron chi connectivity index (χ0n) is 12.0. The van der Waals surface area contributed by atoms with Crippen LogP contribution < -0.4 is 16.0 Å². The van der Waals surface area contributed by atoms with Gasteiger partial charge in [-0.1, -0.05) is 18.2 Å². The van der Waals surface area contributed by atoms with Crippen LogP contribution in [-0.2, 0) is 4.74 Å². The summed E-state index contributed by atoms with van der Waals surface area (Å²) in [7, 11) is 0. The summed E-state index contributed by atoms with van der Waals surface area (Å²) in [4.78, 5) is 0. The molecule has 0 aliphatic carbocycles. The quantitative estimate of drug-likeness (QED) is 0.634. The molecule has 2 rings (SSSR count). The first-order chi connectivity index (χ1) is 9.07. The van der Waals surface area contributed by atoms with Crippen LogP contribution in [0.4, 0.5) is 0 Å². The average molecular weight is 264 g/mol. The average Bonchev–Trinajstić information content (AvgIpc) is 2.79. The number of benzene rings is 1. The number of hydrazine groups is 1. The molecule has 0 amide bonds. The first-order valence-electron chi connectivity index (χ1n) is 6.92. The fourth-order valence-electron chi connectivity index (χ4n) is 2.70. The number of rotatable bonds is 5. The van der Waals surface area contributed by atoms with Crippen molar-refractivity contribution in [1.82, 2.24) is 5.43 Å². The summed E-state index contributed by atoms with van der Waals surface area (Å²) in [5, 5.41) is 0. The van der Waals surface area contributed by atoms with Gasteiger partial charge in [-0.2, -0.15) is 0 Å². The smallest absolute Gasteiger partial charge is 0.124 e. The maximum atomic E-state index is 5.91. The Bertz CT molecular complexity index is 414. The highest BCUT2D eigenvalue weighted by molar-refractivity contribution is 5.37. The van der Waals surface area contributed by atoms with E-state index in [1.165, 1.54) is 0 Å². The molecule has 0 aromatic heterocycles. The van der Waals surface area contributed by atoms with Gasteiger partial charge in [0.2, 0.25) is 0 Å². The third kappa shape index (κ3) is 3.08. The minimum Gasteiger partial charge on any atom is -0.491 e. The van der Waals surface area contributed by atoms with Gasteiger partial charge in [-0.3, -0.25) is 5.84 Å². The van der Waals surface area contributed by atoms with E-state index in [9.17, 15) is 0 Å². The summed E-state index contributed by atoms with van der Waals surface area (Å²) in [5.41, 5.74) is 3.70. The second kappa shape index (κ2) is 5.90. The third-order valence-electron chi connectivity index (χ3n) is 3.62. The van der Waals surface area contributed by atoms with Gasteiger partial charge in [-0.05, 0) is 39.7 Å². The summed E-state index contributed by atoms with van der Waals surface area (Å²) < 4.78 is 11.8. The van der Waals surface area contributed by atoms with E-state index in [0.29, 0.717) is 0 Å². The summed E-state index contributed by atoms with van der Waals surface area (Å²) >= 11 is 0. The molecule has 4 heteroatoms. The van der Waals surface area contributed by atoms with Crippen molar-refractivity contribution in [1.29, 1.82) is 0 Å². The second-order valence-electron chi connectivity index (χ2n) is 5.57. The van der Waals surface area contributed by atoms with Crippen LogP contribution in [0.5, 0.6) is 5.75 Å². The van der Waals surface area contributed by atoms with E-state index < -0.39 is 0 Å². The third-order valence-corrected chi connectivity index (χ3v) is 3.62.